The van der Waals surface area contributed by atoms with Crippen LogP contribution in [0.1, 0.15) is 25.0 Å². The van der Waals surface area contributed by atoms with Crippen LogP contribution in [0.3, 0.4) is 0 Å². The molecule has 0 N–H and O–H groups in total. The van der Waals surface area contributed by atoms with Crippen LogP contribution in [0, 0.1) is 13.8 Å². The molecule has 0 unspecified atom stereocenters. The van der Waals surface area contributed by atoms with Crippen LogP contribution in [0.2, 0.25) is 0 Å². The molecule has 0 bridgehead atoms. The summed E-state index contributed by atoms with van der Waals surface area (Å²) >= 11 is 3.36. The van der Waals surface area contributed by atoms with Gasteiger partial charge in [0, 0.05) is 0 Å². The molecule has 0 radical (unpaired) electrons. The Balaban J connectivity index is 2.33. The zero-order valence-corrected chi connectivity index (χ0v) is 20.5. The molecular formula is C19H24NS2Tl. The third-order valence-corrected chi connectivity index (χ3v) is 25.1. The number of nitrogens with zero attached hydrogens (tertiary/aromatic N) is 1. The second kappa shape index (κ2) is 9.18. The van der Waals surface area contributed by atoms with Gasteiger partial charge in [-0.1, -0.05) is 0 Å². The summed E-state index contributed by atoms with van der Waals surface area (Å²) in [5, 5.41) is 0. The standard InChI is InChI=1S/2C7H7.C5H11NS2.Tl/c2*1-7-5-3-2-4-6-7;1-3-6(4-2)5(7)8;/h2*3-6H,1H3;3-4H2,1-2H3,(H,7,8);/q;;;+1/p-1. The van der Waals surface area contributed by atoms with Crippen LogP contribution >= 0.6 is 20.5 Å². The summed E-state index contributed by atoms with van der Waals surface area (Å²) in [5.41, 5.74) is 2.64. The monoisotopic (exact) mass is 535 g/mol. The Kier molecular flexibility index (Phi) is 7.56. The van der Waals surface area contributed by atoms with Crippen LogP contribution in [0.25, 0.3) is 0 Å². The summed E-state index contributed by atoms with van der Waals surface area (Å²) in [6.45, 7) is 10.6. The van der Waals surface area contributed by atoms with Crippen molar-refractivity contribution in [3.63, 3.8) is 0 Å². The molecule has 120 valence electrons. The molecule has 0 aliphatic rings. The fourth-order valence-electron chi connectivity index (χ4n) is 2.47. The van der Waals surface area contributed by atoms with Gasteiger partial charge >= 0.3 is 158 Å². The van der Waals surface area contributed by atoms with E-state index in [1.807, 2.05) is 8.31 Å². The summed E-state index contributed by atoms with van der Waals surface area (Å²) in [7, 11) is 2.00. The minimum absolute atomic E-state index is 0.991. The molecule has 0 saturated heterocycles. The Morgan fingerprint density at radius 3 is 1.61 bits per heavy atom. The van der Waals surface area contributed by atoms with Gasteiger partial charge in [-0.25, -0.2) is 0 Å². The second-order valence-corrected chi connectivity index (χ2v) is 22.0. The van der Waals surface area contributed by atoms with E-state index in [2.05, 4.69) is 81.1 Å². The van der Waals surface area contributed by atoms with Crippen molar-refractivity contribution in [2.75, 3.05) is 13.1 Å². The molecule has 2 aromatic carbocycles. The second-order valence-electron chi connectivity index (χ2n) is 5.76. The van der Waals surface area contributed by atoms with Gasteiger partial charge in [0.15, 0.2) is 0 Å². The molecule has 0 aliphatic heterocycles. The first-order valence-corrected chi connectivity index (χ1v) is 19.4. The molecule has 2 aromatic rings. The molecule has 0 amide bonds. The predicted molar refractivity (Wildman–Crippen MR) is 110 cm³/mol. The van der Waals surface area contributed by atoms with Gasteiger partial charge in [-0.05, 0) is 0 Å². The van der Waals surface area contributed by atoms with Gasteiger partial charge in [0.2, 0.25) is 0 Å². The quantitative estimate of drug-likeness (QED) is 0.425. The number of aryl methyl sites for hydroxylation is 2. The SMILES string of the molecule is CCN(CC)C(=S)[S][Tl]([c]1ccc(C)cc1)[c]1ccc(C)cc1. The van der Waals surface area contributed by atoms with E-state index in [4.69, 9.17) is 12.2 Å². The van der Waals surface area contributed by atoms with E-state index in [0.717, 1.165) is 17.4 Å². The zero-order chi connectivity index (χ0) is 16.8. The summed E-state index contributed by atoms with van der Waals surface area (Å²) < 4.78 is 4.13. The summed E-state index contributed by atoms with van der Waals surface area (Å²) in [4.78, 5) is 2.30. The van der Waals surface area contributed by atoms with Crippen LogP contribution in [0.15, 0.2) is 48.5 Å². The third kappa shape index (κ3) is 5.29. The number of benzene rings is 2. The summed E-state index contributed by atoms with van der Waals surface area (Å²) in [6.07, 6.45) is 0. The van der Waals surface area contributed by atoms with E-state index in [0.29, 0.717) is 0 Å². The average Bonchev–Trinajstić information content (AvgIpc) is 2.56. The number of hydrogen-bond acceptors (Lipinski definition) is 2. The maximum atomic E-state index is 5.75. The topological polar surface area (TPSA) is 3.24 Å². The molecule has 23 heavy (non-hydrogen) atoms. The first-order chi connectivity index (χ1) is 11.0. The van der Waals surface area contributed by atoms with Crippen LogP contribution in [0.5, 0.6) is 0 Å². The van der Waals surface area contributed by atoms with Crippen molar-refractivity contribution in [2.45, 2.75) is 27.7 Å². The van der Waals surface area contributed by atoms with Crippen molar-refractivity contribution < 1.29 is 0 Å². The Morgan fingerprint density at radius 1 is 0.870 bits per heavy atom. The molecule has 0 atom stereocenters. The van der Waals surface area contributed by atoms with Gasteiger partial charge in [-0.2, -0.15) is 0 Å². The van der Waals surface area contributed by atoms with E-state index >= 15 is 0 Å². The summed E-state index contributed by atoms with van der Waals surface area (Å²) in [6, 6.07) is 18.2. The number of rotatable bonds is 5. The maximum absolute atomic E-state index is 5.75. The molecular weight excluding hydrogens is 511 g/mol. The first kappa shape index (κ1) is 18.9. The van der Waals surface area contributed by atoms with E-state index in [-0.39, 0.29) is 0 Å². The molecule has 2 rings (SSSR count). The molecule has 4 heteroatoms. The van der Waals surface area contributed by atoms with E-state index in [1.54, 1.807) is 0 Å². The molecule has 0 spiro atoms. The van der Waals surface area contributed by atoms with Gasteiger partial charge in [0.25, 0.3) is 0 Å². The average molecular weight is 535 g/mol. The van der Waals surface area contributed by atoms with Crippen LogP contribution in [-0.4, -0.2) is 43.5 Å². The van der Waals surface area contributed by atoms with E-state index in [1.165, 1.54) is 17.4 Å². The third-order valence-electron chi connectivity index (χ3n) is 4.00. The van der Waals surface area contributed by atoms with Crippen molar-refractivity contribution in [3.05, 3.63) is 59.7 Å². The van der Waals surface area contributed by atoms with Crippen molar-refractivity contribution >= 4 is 52.3 Å². The number of thiocarbonyl (C=S) groups is 1. The van der Waals surface area contributed by atoms with Crippen molar-refractivity contribution in [3.8, 4) is 0 Å². The van der Waals surface area contributed by atoms with E-state index in [9.17, 15) is 0 Å². The van der Waals surface area contributed by atoms with Gasteiger partial charge in [0.05, 0.1) is 0 Å². The fraction of sp³-hybridized carbons (Fsp3) is 0.316. The van der Waals surface area contributed by atoms with Gasteiger partial charge in [0.1, 0.15) is 0 Å². The van der Waals surface area contributed by atoms with Gasteiger partial charge in [-0.15, -0.1) is 0 Å². The fourth-order valence-corrected chi connectivity index (χ4v) is 21.9. The molecule has 0 aromatic heterocycles. The van der Waals surface area contributed by atoms with Gasteiger partial charge in [-0.3, -0.25) is 0 Å². The molecule has 0 heterocycles. The number of hydrogen-bond donors (Lipinski definition) is 0. The minimum atomic E-state index is -2.38. The normalized spacial score (nSPS) is 10.4. The summed E-state index contributed by atoms with van der Waals surface area (Å²) in [5.74, 6) is 0. The van der Waals surface area contributed by atoms with Crippen molar-refractivity contribution in [2.24, 2.45) is 0 Å². The van der Waals surface area contributed by atoms with Crippen LogP contribution in [-0.2, 0) is 0 Å². The van der Waals surface area contributed by atoms with Gasteiger partial charge < -0.3 is 0 Å². The Morgan fingerprint density at radius 2 is 1.26 bits per heavy atom. The Hall–Kier alpha value is -0.398. The first-order valence-electron chi connectivity index (χ1n) is 8.13. The van der Waals surface area contributed by atoms with Crippen molar-refractivity contribution in [1.29, 1.82) is 0 Å². The Bertz CT molecular complexity index is 588. The van der Waals surface area contributed by atoms with Crippen LogP contribution in [0.4, 0.5) is 0 Å². The molecule has 1 nitrogen and oxygen atoms in total. The molecule has 0 aliphatic carbocycles. The zero-order valence-electron chi connectivity index (χ0n) is 14.4. The van der Waals surface area contributed by atoms with Crippen molar-refractivity contribution in [1.82, 2.24) is 4.90 Å². The van der Waals surface area contributed by atoms with E-state index < -0.39 is 21.2 Å². The predicted octanol–water partition coefficient (Wildman–Crippen LogP) is 3.77. The Labute approximate surface area is 156 Å². The van der Waals surface area contributed by atoms with Crippen LogP contribution < -0.4 is 6.25 Å². The molecule has 0 fully saturated rings. The molecule has 0 saturated carbocycles.